The van der Waals surface area contributed by atoms with Gasteiger partial charge in [-0.15, -0.1) is 11.8 Å². The maximum atomic E-state index is 13.2. The van der Waals surface area contributed by atoms with Gasteiger partial charge in [-0.3, -0.25) is 19.6 Å². The number of hydrogen-bond donors (Lipinski definition) is 0. The highest BCUT2D eigenvalue weighted by Crippen LogP contribution is 2.39. The Morgan fingerprint density at radius 1 is 1.18 bits per heavy atom. The number of nitro benzene ring substituents is 1. The topological polar surface area (TPSA) is 81.3 Å². The second-order valence-corrected chi connectivity index (χ2v) is 7.66. The Hall–Kier alpha value is -3.13. The minimum atomic E-state index is -0.421. The smallest absolute Gasteiger partial charge is 0.273 e. The quantitative estimate of drug-likeness (QED) is 0.495. The Kier molecular flexibility index (Phi) is 4.87. The van der Waals surface area contributed by atoms with Crippen LogP contribution in [-0.4, -0.2) is 37.8 Å². The number of aromatic nitrogens is 2. The predicted molar refractivity (Wildman–Crippen MR) is 108 cm³/mol. The van der Waals surface area contributed by atoms with Gasteiger partial charge in [0.2, 0.25) is 0 Å². The van der Waals surface area contributed by atoms with Gasteiger partial charge in [-0.05, 0) is 23.8 Å². The number of nitro groups is 1. The number of nitrogens with zero attached hydrogens (tertiary/aromatic N) is 4. The highest BCUT2D eigenvalue weighted by molar-refractivity contribution is 7.99. The number of non-ortho nitro benzene ring substituents is 1. The van der Waals surface area contributed by atoms with Crippen LogP contribution in [0.2, 0.25) is 0 Å². The van der Waals surface area contributed by atoms with Gasteiger partial charge in [0.1, 0.15) is 11.1 Å². The first-order valence-corrected chi connectivity index (χ1v) is 9.86. The van der Waals surface area contributed by atoms with E-state index >= 15 is 0 Å². The van der Waals surface area contributed by atoms with E-state index in [0.717, 1.165) is 22.6 Å². The summed E-state index contributed by atoms with van der Waals surface area (Å²) in [6.07, 6.45) is 0. The van der Waals surface area contributed by atoms with Crippen LogP contribution in [0.3, 0.4) is 0 Å². The summed E-state index contributed by atoms with van der Waals surface area (Å²) in [5.41, 5.74) is 3.16. The van der Waals surface area contributed by atoms with E-state index in [2.05, 4.69) is 5.10 Å². The van der Waals surface area contributed by atoms with Gasteiger partial charge in [0, 0.05) is 37.0 Å². The van der Waals surface area contributed by atoms with E-state index < -0.39 is 4.92 Å². The molecule has 7 nitrogen and oxygen atoms in total. The lowest BCUT2D eigenvalue weighted by Gasteiger charge is -2.24. The van der Waals surface area contributed by atoms with Crippen molar-refractivity contribution >= 4 is 23.4 Å². The Morgan fingerprint density at radius 2 is 1.89 bits per heavy atom. The van der Waals surface area contributed by atoms with E-state index in [-0.39, 0.29) is 17.0 Å². The predicted octanol–water partition coefficient (Wildman–Crippen LogP) is 3.88. The first-order chi connectivity index (χ1) is 13.5. The highest BCUT2D eigenvalue weighted by Gasteiger charge is 2.33. The standard InChI is InChI=1S/C20H18N4O3S/c1-22-18(13-17(21-22)14-5-3-2-4-6-14)19(25)23-11-12-28-20(23)15-7-9-16(10-8-15)24(26)27/h2-10,13,20H,11-12H2,1H3. The monoisotopic (exact) mass is 394 g/mol. The van der Waals surface area contributed by atoms with Crippen LogP contribution in [0.4, 0.5) is 5.69 Å². The lowest BCUT2D eigenvalue weighted by Crippen LogP contribution is -2.31. The summed E-state index contributed by atoms with van der Waals surface area (Å²) < 4.78 is 1.61. The molecule has 0 spiro atoms. The number of rotatable bonds is 4. The first kappa shape index (κ1) is 18.2. The van der Waals surface area contributed by atoms with Gasteiger partial charge in [-0.1, -0.05) is 30.3 Å². The molecule has 4 rings (SSSR count). The van der Waals surface area contributed by atoms with Crippen LogP contribution in [0, 0.1) is 10.1 Å². The maximum absolute atomic E-state index is 13.2. The molecular formula is C20H18N4O3S. The zero-order valence-electron chi connectivity index (χ0n) is 15.2. The van der Waals surface area contributed by atoms with Crippen molar-refractivity contribution in [3.63, 3.8) is 0 Å². The number of carbonyl (C=O) groups is 1. The van der Waals surface area contributed by atoms with Gasteiger partial charge in [0.25, 0.3) is 11.6 Å². The van der Waals surface area contributed by atoms with Gasteiger partial charge in [0.15, 0.2) is 0 Å². The van der Waals surface area contributed by atoms with Gasteiger partial charge in [0.05, 0.1) is 10.6 Å². The zero-order chi connectivity index (χ0) is 19.7. The number of carbonyl (C=O) groups excluding carboxylic acids is 1. The summed E-state index contributed by atoms with van der Waals surface area (Å²) in [7, 11) is 1.77. The Bertz CT molecular complexity index is 1020. The molecule has 1 atom stereocenters. The van der Waals surface area contributed by atoms with E-state index in [0.29, 0.717) is 12.2 Å². The second kappa shape index (κ2) is 7.47. The maximum Gasteiger partial charge on any atom is 0.273 e. The number of benzene rings is 2. The van der Waals surface area contributed by atoms with Gasteiger partial charge >= 0.3 is 0 Å². The minimum Gasteiger partial charge on any atom is -0.320 e. The molecule has 1 aliphatic rings. The summed E-state index contributed by atoms with van der Waals surface area (Å²) in [5.74, 6) is 0.724. The Balaban J connectivity index is 1.60. The van der Waals surface area contributed by atoms with Crippen LogP contribution >= 0.6 is 11.8 Å². The molecule has 142 valence electrons. The van der Waals surface area contributed by atoms with Crippen molar-refractivity contribution in [2.75, 3.05) is 12.3 Å². The lowest BCUT2D eigenvalue weighted by atomic mass is 10.1. The summed E-state index contributed by atoms with van der Waals surface area (Å²) in [6.45, 7) is 0.622. The molecule has 1 unspecified atom stereocenters. The average molecular weight is 394 g/mol. The molecule has 28 heavy (non-hydrogen) atoms. The molecule has 0 saturated carbocycles. The molecule has 1 aliphatic heterocycles. The molecule has 8 heteroatoms. The van der Waals surface area contributed by atoms with Crippen LogP contribution in [0.15, 0.2) is 60.7 Å². The van der Waals surface area contributed by atoms with Crippen molar-refractivity contribution in [3.8, 4) is 11.3 Å². The summed E-state index contributed by atoms with van der Waals surface area (Å²) in [6, 6.07) is 18.0. The van der Waals surface area contributed by atoms with Crippen molar-refractivity contribution < 1.29 is 9.72 Å². The van der Waals surface area contributed by atoms with Crippen molar-refractivity contribution in [2.45, 2.75) is 5.37 Å². The summed E-state index contributed by atoms with van der Waals surface area (Å²) >= 11 is 1.66. The van der Waals surface area contributed by atoms with E-state index in [1.54, 1.807) is 40.5 Å². The van der Waals surface area contributed by atoms with Crippen molar-refractivity contribution in [2.24, 2.45) is 7.05 Å². The molecule has 1 amide bonds. The average Bonchev–Trinajstić information content (AvgIpc) is 3.35. The highest BCUT2D eigenvalue weighted by atomic mass is 32.2. The van der Waals surface area contributed by atoms with E-state index in [1.165, 1.54) is 12.1 Å². The summed E-state index contributed by atoms with van der Waals surface area (Å²) in [5, 5.41) is 15.2. The number of hydrogen-bond acceptors (Lipinski definition) is 5. The molecule has 1 fully saturated rings. The molecule has 0 aliphatic carbocycles. The number of aryl methyl sites for hydroxylation is 1. The molecular weight excluding hydrogens is 376 g/mol. The van der Waals surface area contributed by atoms with Crippen LogP contribution in [0.1, 0.15) is 21.4 Å². The largest absolute Gasteiger partial charge is 0.320 e. The summed E-state index contributed by atoms with van der Waals surface area (Å²) in [4.78, 5) is 25.5. The third kappa shape index (κ3) is 3.38. The van der Waals surface area contributed by atoms with Crippen LogP contribution in [0.5, 0.6) is 0 Å². The molecule has 3 aromatic rings. The third-order valence-electron chi connectivity index (χ3n) is 4.71. The van der Waals surface area contributed by atoms with Crippen molar-refractivity contribution in [3.05, 3.63) is 82.0 Å². The molecule has 0 radical (unpaired) electrons. The van der Waals surface area contributed by atoms with Gasteiger partial charge in [-0.25, -0.2) is 0 Å². The molecule has 1 saturated heterocycles. The Labute approximate surface area is 166 Å². The molecule has 2 aromatic carbocycles. The molecule has 0 N–H and O–H groups in total. The molecule has 0 bridgehead atoms. The van der Waals surface area contributed by atoms with Crippen LogP contribution < -0.4 is 0 Å². The number of thioether (sulfide) groups is 1. The van der Waals surface area contributed by atoms with Gasteiger partial charge < -0.3 is 4.90 Å². The van der Waals surface area contributed by atoms with Crippen LogP contribution in [-0.2, 0) is 7.05 Å². The lowest BCUT2D eigenvalue weighted by molar-refractivity contribution is -0.384. The Morgan fingerprint density at radius 3 is 2.57 bits per heavy atom. The fraction of sp³-hybridized carbons (Fsp3) is 0.200. The minimum absolute atomic E-state index is 0.0451. The van der Waals surface area contributed by atoms with E-state index in [4.69, 9.17) is 0 Å². The van der Waals surface area contributed by atoms with E-state index in [1.807, 2.05) is 36.4 Å². The van der Waals surface area contributed by atoms with Crippen molar-refractivity contribution in [1.82, 2.24) is 14.7 Å². The molecule has 1 aromatic heterocycles. The van der Waals surface area contributed by atoms with E-state index in [9.17, 15) is 14.9 Å². The normalized spacial score (nSPS) is 16.3. The first-order valence-electron chi connectivity index (χ1n) is 8.81. The van der Waals surface area contributed by atoms with Crippen LogP contribution in [0.25, 0.3) is 11.3 Å². The SMILES string of the molecule is Cn1nc(-c2ccccc2)cc1C(=O)N1CCSC1c1ccc([N+](=O)[O-])cc1. The van der Waals surface area contributed by atoms with Crippen molar-refractivity contribution in [1.29, 1.82) is 0 Å². The third-order valence-corrected chi connectivity index (χ3v) is 5.97. The zero-order valence-corrected chi connectivity index (χ0v) is 16.0. The second-order valence-electron chi connectivity index (χ2n) is 6.47. The fourth-order valence-electron chi connectivity index (χ4n) is 3.28. The fourth-order valence-corrected chi connectivity index (χ4v) is 4.54. The number of amides is 1. The van der Waals surface area contributed by atoms with Gasteiger partial charge in [-0.2, -0.15) is 5.10 Å². The molecule has 2 heterocycles.